The average Bonchev–Trinajstić information content (AvgIpc) is 3.26. The van der Waals surface area contributed by atoms with Crippen LogP contribution in [0.2, 0.25) is 0 Å². The Morgan fingerprint density at radius 3 is 2.69 bits per heavy atom. The standard InChI is InChI=1S/C24H21ClF2N6O3/c1-14-6-8-29-20(11-28)21(14)32-19-10-15(12-30-22(19)33-9-7-17(34)13-33)23(35)31-16-2-4-18(5-3-16)36-24(25,26)27/h2-6,8,10,12,17,32,34H,7,9,13H2,1H3,(H,31,35). The largest absolute Gasteiger partial charge is 0.487 e. The predicted molar refractivity (Wildman–Crippen MR) is 130 cm³/mol. The molecule has 1 aliphatic heterocycles. The smallest absolute Gasteiger partial charge is 0.420 e. The number of β-amino-alcohol motifs (C(OH)–C–C–N with tert-alkyl or cyclic N) is 1. The molecule has 186 valence electrons. The van der Waals surface area contributed by atoms with Crippen LogP contribution in [0.1, 0.15) is 28.0 Å². The summed E-state index contributed by atoms with van der Waals surface area (Å²) < 4.78 is 29.9. The zero-order valence-electron chi connectivity index (χ0n) is 19.0. The molecule has 1 amide bonds. The van der Waals surface area contributed by atoms with Gasteiger partial charge in [-0.15, -0.1) is 8.78 Å². The van der Waals surface area contributed by atoms with Gasteiger partial charge in [0.05, 0.1) is 23.0 Å². The third kappa shape index (κ3) is 5.97. The number of aromatic nitrogens is 2. The van der Waals surface area contributed by atoms with Gasteiger partial charge >= 0.3 is 5.57 Å². The molecule has 3 heterocycles. The molecule has 1 aliphatic rings. The van der Waals surface area contributed by atoms with Crippen LogP contribution < -0.4 is 20.3 Å². The molecule has 1 fully saturated rings. The van der Waals surface area contributed by atoms with Crippen LogP contribution in [-0.4, -0.2) is 45.7 Å². The van der Waals surface area contributed by atoms with Gasteiger partial charge < -0.3 is 25.4 Å². The fourth-order valence-corrected chi connectivity index (χ4v) is 3.83. The van der Waals surface area contributed by atoms with Gasteiger partial charge in [0.1, 0.15) is 11.8 Å². The monoisotopic (exact) mass is 514 g/mol. The average molecular weight is 515 g/mol. The Labute approximate surface area is 210 Å². The zero-order valence-corrected chi connectivity index (χ0v) is 19.8. The van der Waals surface area contributed by atoms with Crippen LogP contribution in [0.25, 0.3) is 0 Å². The second-order valence-corrected chi connectivity index (χ2v) is 8.54. The van der Waals surface area contributed by atoms with E-state index < -0.39 is 17.6 Å². The number of nitrogens with zero attached hydrogens (tertiary/aromatic N) is 4. The topological polar surface area (TPSA) is 123 Å². The quantitative estimate of drug-likeness (QED) is 0.397. The fraction of sp³-hybridized carbons (Fsp3) is 0.250. The number of hydrogen-bond acceptors (Lipinski definition) is 8. The summed E-state index contributed by atoms with van der Waals surface area (Å²) in [5.74, 6) is -0.157. The van der Waals surface area contributed by atoms with Gasteiger partial charge in [0.25, 0.3) is 5.91 Å². The number of aliphatic hydroxyl groups excluding tert-OH is 1. The number of nitriles is 1. The van der Waals surface area contributed by atoms with Crippen molar-refractivity contribution >= 4 is 40.4 Å². The normalized spacial score (nSPS) is 15.3. The van der Waals surface area contributed by atoms with E-state index in [0.29, 0.717) is 42.4 Å². The second kappa shape index (κ2) is 10.3. The first-order valence-electron chi connectivity index (χ1n) is 10.9. The van der Waals surface area contributed by atoms with Crippen molar-refractivity contribution in [2.24, 2.45) is 0 Å². The van der Waals surface area contributed by atoms with Gasteiger partial charge in [0.2, 0.25) is 0 Å². The first-order chi connectivity index (χ1) is 17.1. The lowest BCUT2D eigenvalue weighted by atomic mass is 10.1. The molecule has 36 heavy (non-hydrogen) atoms. The lowest BCUT2D eigenvalue weighted by molar-refractivity contribution is -0.0964. The molecule has 4 rings (SSSR count). The van der Waals surface area contributed by atoms with Crippen molar-refractivity contribution in [1.29, 1.82) is 5.26 Å². The number of carbonyl (C=O) groups is 1. The summed E-state index contributed by atoms with van der Waals surface area (Å²) in [6.07, 6.45) is 3.01. The van der Waals surface area contributed by atoms with Gasteiger partial charge in [0, 0.05) is 42.8 Å². The Kier molecular flexibility index (Phi) is 7.19. The Balaban J connectivity index is 1.61. The number of amides is 1. The molecule has 1 unspecified atom stereocenters. The summed E-state index contributed by atoms with van der Waals surface area (Å²) >= 11 is 4.76. The van der Waals surface area contributed by atoms with Crippen molar-refractivity contribution in [3.05, 3.63) is 65.6 Å². The maximum absolute atomic E-state index is 12.9. The van der Waals surface area contributed by atoms with Crippen molar-refractivity contribution in [2.75, 3.05) is 28.6 Å². The van der Waals surface area contributed by atoms with Gasteiger partial charge in [0.15, 0.2) is 11.5 Å². The highest BCUT2D eigenvalue weighted by Crippen LogP contribution is 2.32. The van der Waals surface area contributed by atoms with E-state index in [2.05, 4.69) is 25.3 Å². The first kappa shape index (κ1) is 25.1. The summed E-state index contributed by atoms with van der Waals surface area (Å²) in [5, 5.41) is 25.3. The summed E-state index contributed by atoms with van der Waals surface area (Å²) in [4.78, 5) is 23.4. The molecule has 0 aliphatic carbocycles. The fourth-order valence-electron chi connectivity index (χ4n) is 3.74. The number of carbonyl (C=O) groups excluding carboxylic acids is 1. The van der Waals surface area contributed by atoms with Gasteiger partial charge in [-0.25, -0.2) is 9.97 Å². The third-order valence-corrected chi connectivity index (χ3v) is 5.54. The molecule has 12 heteroatoms. The van der Waals surface area contributed by atoms with Gasteiger partial charge in [-0.05, 0) is 55.3 Å². The third-order valence-electron chi connectivity index (χ3n) is 5.46. The van der Waals surface area contributed by atoms with Crippen LogP contribution in [0.4, 0.5) is 31.7 Å². The Bertz CT molecular complexity index is 1310. The number of anilines is 4. The zero-order chi connectivity index (χ0) is 25.9. The number of halogens is 3. The SMILES string of the molecule is Cc1ccnc(C#N)c1Nc1cc(C(=O)Nc2ccc(OC(F)(F)Cl)cc2)cnc1N1CCC(O)C1. The van der Waals surface area contributed by atoms with Crippen LogP contribution in [0.3, 0.4) is 0 Å². The van der Waals surface area contributed by atoms with E-state index in [1.165, 1.54) is 36.7 Å². The Hall–Kier alpha value is -4.01. The molecule has 3 N–H and O–H groups in total. The lowest BCUT2D eigenvalue weighted by Crippen LogP contribution is -2.24. The molecule has 0 bridgehead atoms. The summed E-state index contributed by atoms with van der Waals surface area (Å²) in [6.45, 7) is 2.77. The van der Waals surface area contributed by atoms with Crippen LogP contribution in [0, 0.1) is 18.3 Å². The maximum atomic E-state index is 12.9. The van der Waals surface area contributed by atoms with Gasteiger partial charge in [-0.1, -0.05) is 0 Å². The number of nitrogens with one attached hydrogen (secondary N) is 2. The number of rotatable bonds is 7. The van der Waals surface area contributed by atoms with Crippen molar-refractivity contribution < 1.29 is 23.4 Å². The molecule has 3 aromatic rings. The molecule has 1 aromatic carbocycles. The summed E-state index contributed by atoms with van der Waals surface area (Å²) in [7, 11) is 0. The highest BCUT2D eigenvalue weighted by Gasteiger charge is 2.28. The van der Waals surface area contributed by atoms with Gasteiger partial charge in [-0.3, -0.25) is 4.79 Å². The van der Waals surface area contributed by atoms with Gasteiger partial charge in [-0.2, -0.15) is 5.26 Å². The van der Waals surface area contributed by atoms with Crippen molar-refractivity contribution in [3.8, 4) is 11.8 Å². The molecule has 0 radical (unpaired) electrons. The van der Waals surface area contributed by atoms with Crippen molar-refractivity contribution in [1.82, 2.24) is 9.97 Å². The molecule has 0 saturated carbocycles. The minimum atomic E-state index is -3.84. The molecular weight excluding hydrogens is 494 g/mol. The second-order valence-electron chi connectivity index (χ2n) is 8.10. The molecular formula is C24H21ClF2N6O3. The highest BCUT2D eigenvalue weighted by molar-refractivity contribution is 6.20. The van der Waals surface area contributed by atoms with Crippen LogP contribution in [0.5, 0.6) is 5.75 Å². The van der Waals surface area contributed by atoms with Crippen LogP contribution in [-0.2, 0) is 0 Å². The lowest BCUT2D eigenvalue weighted by Gasteiger charge is -2.22. The molecule has 2 aromatic heterocycles. The minimum absolute atomic E-state index is 0.168. The number of benzene rings is 1. The van der Waals surface area contributed by atoms with E-state index in [-0.39, 0.29) is 17.0 Å². The number of aliphatic hydroxyl groups is 1. The van der Waals surface area contributed by atoms with Crippen LogP contribution >= 0.6 is 11.6 Å². The van der Waals surface area contributed by atoms with E-state index in [1.807, 2.05) is 17.9 Å². The van der Waals surface area contributed by atoms with E-state index in [1.54, 1.807) is 12.1 Å². The number of pyridine rings is 2. The summed E-state index contributed by atoms with van der Waals surface area (Å²) in [6, 6.07) is 10.6. The molecule has 9 nitrogen and oxygen atoms in total. The number of ether oxygens (including phenoxy) is 1. The molecule has 1 saturated heterocycles. The highest BCUT2D eigenvalue weighted by atomic mass is 35.5. The predicted octanol–water partition coefficient (Wildman–Crippen LogP) is 4.39. The minimum Gasteiger partial charge on any atom is -0.420 e. The van der Waals surface area contributed by atoms with E-state index in [4.69, 9.17) is 11.6 Å². The van der Waals surface area contributed by atoms with Crippen molar-refractivity contribution in [2.45, 2.75) is 25.0 Å². The Morgan fingerprint density at radius 2 is 2.06 bits per heavy atom. The van der Waals surface area contributed by atoms with E-state index >= 15 is 0 Å². The first-order valence-corrected chi connectivity index (χ1v) is 11.2. The molecule has 1 atom stereocenters. The van der Waals surface area contributed by atoms with Crippen molar-refractivity contribution in [3.63, 3.8) is 0 Å². The van der Waals surface area contributed by atoms with E-state index in [0.717, 1.165) is 5.56 Å². The maximum Gasteiger partial charge on any atom is 0.487 e. The Morgan fingerprint density at radius 1 is 1.31 bits per heavy atom. The number of aryl methyl sites for hydroxylation is 1. The van der Waals surface area contributed by atoms with E-state index in [9.17, 15) is 23.9 Å². The van der Waals surface area contributed by atoms with Crippen LogP contribution in [0.15, 0.2) is 48.8 Å². The molecule has 0 spiro atoms. The summed E-state index contributed by atoms with van der Waals surface area (Å²) in [5.41, 5.74) is -1.42. The number of alkyl halides is 3. The number of hydrogen-bond donors (Lipinski definition) is 3.